The van der Waals surface area contributed by atoms with E-state index in [1.165, 1.54) is 32.1 Å². The van der Waals surface area contributed by atoms with E-state index in [1.54, 1.807) is 0 Å². The Morgan fingerprint density at radius 1 is 1.05 bits per heavy atom. The number of nitrogens with two attached hydrogens (primary N) is 1. The van der Waals surface area contributed by atoms with Crippen molar-refractivity contribution < 1.29 is 0 Å². The molecule has 2 N–H and O–H groups in total. The van der Waals surface area contributed by atoms with E-state index in [0.717, 1.165) is 29.2 Å². The number of rotatable bonds is 1. The van der Waals surface area contributed by atoms with Crippen molar-refractivity contribution in [3.63, 3.8) is 0 Å². The molecule has 1 saturated heterocycles. The Morgan fingerprint density at radius 3 is 2.85 bits per heavy atom. The van der Waals surface area contributed by atoms with E-state index in [9.17, 15) is 0 Å². The third-order valence-electron chi connectivity index (χ3n) is 4.88. The summed E-state index contributed by atoms with van der Waals surface area (Å²) in [5.41, 5.74) is 6.86. The van der Waals surface area contributed by atoms with Crippen LogP contribution in [0.3, 0.4) is 0 Å². The van der Waals surface area contributed by atoms with Crippen LogP contribution in [0.5, 0.6) is 0 Å². The van der Waals surface area contributed by atoms with E-state index in [4.69, 9.17) is 5.73 Å². The number of fused-ring (bicyclic) bond motifs is 2. The fraction of sp³-hybridized carbons (Fsp3) is 0.500. The summed E-state index contributed by atoms with van der Waals surface area (Å²) in [6.07, 6.45) is 6.70. The van der Waals surface area contributed by atoms with Gasteiger partial charge in [-0.3, -0.25) is 0 Å². The summed E-state index contributed by atoms with van der Waals surface area (Å²) in [5, 5.41) is 1.13. The predicted octanol–water partition coefficient (Wildman–Crippen LogP) is 2.98. The lowest BCUT2D eigenvalue weighted by atomic mass is 9.85. The Balaban J connectivity index is 1.81. The first-order valence-electron chi connectivity index (χ1n) is 7.62. The molecule has 1 aromatic heterocycles. The highest BCUT2D eigenvalue weighted by atomic mass is 15.3. The smallest absolute Gasteiger partial charge is 0.222 e. The molecule has 1 aliphatic carbocycles. The van der Waals surface area contributed by atoms with E-state index >= 15 is 0 Å². The van der Waals surface area contributed by atoms with Crippen molar-refractivity contribution >= 4 is 22.7 Å². The second-order valence-corrected chi connectivity index (χ2v) is 6.02. The number of aromatic nitrogens is 2. The fourth-order valence-electron chi connectivity index (χ4n) is 3.97. The number of benzene rings is 1. The van der Waals surface area contributed by atoms with Gasteiger partial charge in [0, 0.05) is 18.0 Å². The molecule has 2 fully saturated rings. The van der Waals surface area contributed by atoms with Crippen molar-refractivity contribution in [2.24, 2.45) is 5.92 Å². The largest absolute Gasteiger partial charge is 0.368 e. The summed E-state index contributed by atoms with van der Waals surface area (Å²) < 4.78 is 0. The zero-order valence-electron chi connectivity index (χ0n) is 11.6. The molecule has 4 heteroatoms. The number of anilines is 2. The summed E-state index contributed by atoms with van der Waals surface area (Å²) in [7, 11) is 0. The lowest BCUT2D eigenvalue weighted by molar-refractivity contribution is 0.341. The van der Waals surface area contributed by atoms with Gasteiger partial charge in [0.25, 0.3) is 0 Å². The average molecular weight is 268 g/mol. The number of para-hydroxylation sites is 1. The van der Waals surface area contributed by atoms with E-state index in [-0.39, 0.29) is 0 Å². The number of nitrogen functional groups attached to an aromatic ring is 1. The van der Waals surface area contributed by atoms with Crippen LogP contribution in [0.1, 0.15) is 32.1 Å². The van der Waals surface area contributed by atoms with Gasteiger partial charge in [0.2, 0.25) is 5.95 Å². The third kappa shape index (κ3) is 1.82. The quantitative estimate of drug-likeness (QED) is 0.864. The van der Waals surface area contributed by atoms with Crippen LogP contribution in [0, 0.1) is 5.92 Å². The van der Waals surface area contributed by atoms with E-state index in [2.05, 4.69) is 27.0 Å². The Hall–Kier alpha value is -1.84. The molecule has 0 spiro atoms. The summed E-state index contributed by atoms with van der Waals surface area (Å²) >= 11 is 0. The molecule has 2 aliphatic rings. The van der Waals surface area contributed by atoms with Crippen LogP contribution in [0.15, 0.2) is 24.3 Å². The maximum atomic E-state index is 5.91. The van der Waals surface area contributed by atoms with Crippen LogP contribution in [-0.2, 0) is 0 Å². The lowest BCUT2D eigenvalue weighted by Crippen LogP contribution is -2.35. The van der Waals surface area contributed by atoms with Gasteiger partial charge in [0.1, 0.15) is 5.82 Å². The summed E-state index contributed by atoms with van der Waals surface area (Å²) in [6.45, 7) is 1.11. The zero-order chi connectivity index (χ0) is 13.5. The number of nitrogens with zero attached hydrogens (tertiary/aromatic N) is 3. The molecule has 1 aliphatic heterocycles. The Kier molecular flexibility index (Phi) is 2.76. The van der Waals surface area contributed by atoms with Gasteiger partial charge >= 0.3 is 0 Å². The molecule has 2 heterocycles. The topological polar surface area (TPSA) is 55.0 Å². The Morgan fingerprint density at radius 2 is 1.90 bits per heavy atom. The molecule has 20 heavy (non-hydrogen) atoms. The van der Waals surface area contributed by atoms with Crippen molar-refractivity contribution in [2.75, 3.05) is 17.2 Å². The second kappa shape index (κ2) is 4.62. The minimum Gasteiger partial charge on any atom is -0.368 e. The maximum Gasteiger partial charge on any atom is 0.222 e. The second-order valence-electron chi connectivity index (χ2n) is 6.02. The fourth-order valence-corrected chi connectivity index (χ4v) is 3.97. The summed E-state index contributed by atoms with van der Waals surface area (Å²) in [5.74, 6) is 2.28. The molecule has 4 nitrogen and oxygen atoms in total. The molecule has 2 unspecified atom stereocenters. The lowest BCUT2D eigenvalue weighted by Gasteiger charge is -2.33. The third-order valence-corrected chi connectivity index (χ3v) is 4.88. The predicted molar refractivity (Wildman–Crippen MR) is 81.7 cm³/mol. The molecule has 0 radical (unpaired) electrons. The minimum atomic E-state index is 0.387. The molecular formula is C16H20N4. The van der Waals surface area contributed by atoms with Gasteiger partial charge in [-0.1, -0.05) is 25.0 Å². The first-order valence-corrected chi connectivity index (χ1v) is 7.62. The van der Waals surface area contributed by atoms with E-state index in [1.807, 2.05) is 12.1 Å². The Labute approximate surface area is 119 Å². The van der Waals surface area contributed by atoms with Crippen LogP contribution < -0.4 is 10.6 Å². The molecule has 2 aromatic rings. The van der Waals surface area contributed by atoms with Crippen LogP contribution in [0.2, 0.25) is 0 Å². The first kappa shape index (κ1) is 11.9. The monoisotopic (exact) mass is 268 g/mol. The number of hydrogen-bond donors (Lipinski definition) is 1. The van der Waals surface area contributed by atoms with Crippen molar-refractivity contribution in [3.8, 4) is 0 Å². The van der Waals surface area contributed by atoms with Crippen LogP contribution in [0.25, 0.3) is 10.9 Å². The van der Waals surface area contributed by atoms with Gasteiger partial charge in [-0.15, -0.1) is 0 Å². The van der Waals surface area contributed by atoms with E-state index in [0.29, 0.717) is 12.0 Å². The van der Waals surface area contributed by atoms with Gasteiger partial charge < -0.3 is 10.6 Å². The van der Waals surface area contributed by atoms with Crippen molar-refractivity contribution in [1.82, 2.24) is 9.97 Å². The molecule has 2 atom stereocenters. The van der Waals surface area contributed by atoms with Gasteiger partial charge in [0.05, 0.1) is 5.52 Å². The normalized spacial score (nSPS) is 25.9. The molecule has 1 saturated carbocycles. The highest BCUT2D eigenvalue weighted by Gasteiger charge is 2.37. The molecule has 104 valence electrons. The van der Waals surface area contributed by atoms with Crippen molar-refractivity contribution in [1.29, 1.82) is 0 Å². The maximum absolute atomic E-state index is 5.91. The highest BCUT2D eigenvalue weighted by molar-refractivity contribution is 5.90. The minimum absolute atomic E-state index is 0.387. The summed E-state index contributed by atoms with van der Waals surface area (Å²) in [6, 6.07) is 8.85. The van der Waals surface area contributed by atoms with Crippen LogP contribution in [0.4, 0.5) is 11.8 Å². The molecular weight excluding hydrogens is 248 g/mol. The SMILES string of the molecule is Nc1nc(N2CCC3CCCCC32)c2ccccc2n1. The standard InChI is InChI=1S/C16H20N4/c17-16-18-13-7-3-2-6-12(13)15(19-16)20-10-9-11-5-1-4-8-14(11)20/h2-3,6-7,11,14H,1,4-5,8-10H2,(H2,17,18,19). The van der Waals surface area contributed by atoms with Crippen LogP contribution in [-0.4, -0.2) is 22.6 Å². The average Bonchev–Trinajstić information content (AvgIpc) is 2.90. The first-order chi connectivity index (χ1) is 9.83. The van der Waals surface area contributed by atoms with Gasteiger partial charge in [-0.25, -0.2) is 4.98 Å². The molecule has 0 bridgehead atoms. The van der Waals surface area contributed by atoms with Crippen molar-refractivity contribution in [3.05, 3.63) is 24.3 Å². The van der Waals surface area contributed by atoms with Gasteiger partial charge in [-0.2, -0.15) is 4.98 Å². The highest BCUT2D eigenvalue weighted by Crippen LogP contribution is 2.40. The van der Waals surface area contributed by atoms with Gasteiger partial charge in [0.15, 0.2) is 0 Å². The molecule has 0 amide bonds. The van der Waals surface area contributed by atoms with Crippen molar-refractivity contribution in [2.45, 2.75) is 38.1 Å². The molecule has 4 rings (SSSR count). The number of hydrogen-bond acceptors (Lipinski definition) is 4. The zero-order valence-corrected chi connectivity index (χ0v) is 11.6. The van der Waals surface area contributed by atoms with Gasteiger partial charge in [-0.05, 0) is 37.3 Å². The van der Waals surface area contributed by atoms with E-state index < -0.39 is 0 Å². The Bertz CT molecular complexity index is 639. The van der Waals surface area contributed by atoms with Crippen LogP contribution >= 0.6 is 0 Å². The summed E-state index contributed by atoms with van der Waals surface area (Å²) in [4.78, 5) is 11.4. The molecule has 1 aromatic carbocycles.